The number of amides is 1. The molecule has 7 heteroatoms. The molecule has 2 aromatic heterocycles. The fraction of sp³-hybridized carbons (Fsp3) is 0.533. The summed E-state index contributed by atoms with van der Waals surface area (Å²) in [5, 5.41) is 11.6. The maximum atomic E-state index is 12.4. The fourth-order valence-electron chi connectivity index (χ4n) is 3.19. The molecular weight excluding hydrogens is 282 g/mol. The van der Waals surface area contributed by atoms with Gasteiger partial charge in [0.1, 0.15) is 0 Å². The van der Waals surface area contributed by atoms with Crippen LogP contribution in [0.15, 0.2) is 18.5 Å². The Morgan fingerprint density at radius 3 is 3.09 bits per heavy atom. The van der Waals surface area contributed by atoms with Crippen LogP contribution in [0.4, 0.5) is 5.82 Å². The van der Waals surface area contributed by atoms with E-state index in [4.69, 9.17) is 4.74 Å². The van der Waals surface area contributed by atoms with Gasteiger partial charge in [-0.05, 0) is 25.7 Å². The Morgan fingerprint density at radius 1 is 1.36 bits per heavy atom. The summed E-state index contributed by atoms with van der Waals surface area (Å²) < 4.78 is 9.21. The third kappa shape index (κ3) is 2.41. The Labute approximate surface area is 128 Å². The van der Waals surface area contributed by atoms with Gasteiger partial charge >= 0.3 is 0 Å². The topological polar surface area (TPSA) is 74.0 Å². The van der Waals surface area contributed by atoms with Crippen molar-refractivity contribution in [2.45, 2.75) is 38.3 Å². The number of ether oxygens (including phenoxy) is 1. The molecule has 4 rings (SSSR count). The predicted molar refractivity (Wildman–Crippen MR) is 79.8 cm³/mol. The second-order valence-electron chi connectivity index (χ2n) is 5.81. The molecule has 1 fully saturated rings. The first-order valence-corrected chi connectivity index (χ1v) is 7.80. The van der Waals surface area contributed by atoms with Crippen LogP contribution in [0.1, 0.15) is 41.4 Å². The minimum absolute atomic E-state index is 0.125. The summed E-state index contributed by atoms with van der Waals surface area (Å²) in [6, 6.07) is 2.21. The number of nitrogens with zero attached hydrogens (tertiary/aromatic N) is 4. The van der Waals surface area contributed by atoms with E-state index in [-0.39, 0.29) is 5.91 Å². The van der Waals surface area contributed by atoms with Crippen molar-refractivity contribution in [2.24, 2.45) is 0 Å². The monoisotopic (exact) mass is 301 g/mol. The summed E-state index contributed by atoms with van der Waals surface area (Å²) in [5.74, 6) is 0.467. The lowest BCUT2D eigenvalue weighted by molar-refractivity contribution is 0.0663. The zero-order valence-electron chi connectivity index (χ0n) is 12.4. The lowest BCUT2D eigenvalue weighted by Gasteiger charge is -2.22. The minimum Gasteiger partial charge on any atom is -0.381 e. The molecule has 1 N–H and O–H groups in total. The van der Waals surface area contributed by atoms with E-state index >= 15 is 0 Å². The zero-order chi connectivity index (χ0) is 14.9. The van der Waals surface area contributed by atoms with Gasteiger partial charge in [-0.2, -0.15) is 10.2 Å². The van der Waals surface area contributed by atoms with Crippen LogP contribution in [0.3, 0.4) is 0 Å². The van der Waals surface area contributed by atoms with Gasteiger partial charge in [0.15, 0.2) is 5.82 Å². The fourth-order valence-corrected chi connectivity index (χ4v) is 3.19. The highest BCUT2D eigenvalue weighted by Crippen LogP contribution is 2.22. The Hall–Kier alpha value is -2.15. The van der Waals surface area contributed by atoms with Crippen molar-refractivity contribution in [2.75, 3.05) is 18.5 Å². The highest BCUT2D eigenvalue weighted by Gasteiger charge is 2.22. The molecule has 0 atom stereocenters. The van der Waals surface area contributed by atoms with Crippen molar-refractivity contribution in [1.29, 1.82) is 0 Å². The highest BCUT2D eigenvalue weighted by atomic mass is 16.5. The molecule has 0 saturated carbocycles. The predicted octanol–water partition coefficient (Wildman–Crippen LogP) is 1.63. The maximum Gasteiger partial charge on any atom is 0.260 e. The number of fused-ring (bicyclic) bond motifs is 1. The summed E-state index contributed by atoms with van der Waals surface area (Å²) in [6.45, 7) is 2.45. The quantitative estimate of drug-likeness (QED) is 0.935. The van der Waals surface area contributed by atoms with Gasteiger partial charge in [0.05, 0.1) is 23.5 Å². The Balaban J connectivity index is 1.46. The molecule has 22 heavy (non-hydrogen) atoms. The SMILES string of the molecule is O=C(Nc1ccn(C2CCOCC2)n1)c1cnn2c1CCC2. The third-order valence-electron chi connectivity index (χ3n) is 4.39. The van der Waals surface area contributed by atoms with E-state index in [0.717, 1.165) is 51.1 Å². The highest BCUT2D eigenvalue weighted by molar-refractivity contribution is 6.04. The molecule has 1 saturated heterocycles. The second-order valence-corrected chi connectivity index (χ2v) is 5.81. The van der Waals surface area contributed by atoms with E-state index in [1.165, 1.54) is 0 Å². The number of carbonyl (C=O) groups excluding carboxylic acids is 1. The van der Waals surface area contributed by atoms with Gasteiger partial charge in [-0.3, -0.25) is 14.2 Å². The van der Waals surface area contributed by atoms with Gasteiger partial charge < -0.3 is 10.1 Å². The van der Waals surface area contributed by atoms with Crippen LogP contribution < -0.4 is 5.32 Å². The molecule has 0 unspecified atom stereocenters. The number of aryl methyl sites for hydroxylation is 1. The van der Waals surface area contributed by atoms with Gasteiger partial charge in [-0.25, -0.2) is 0 Å². The van der Waals surface area contributed by atoms with Crippen LogP contribution in [0.5, 0.6) is 0 Å². The Kier molecular flexibility index (Phi) is 3.42. The van der Waals surface area contributed by atoms with Crippen molar-refractivity contribution in [3.05, 3.63) is 29.7 Å². The molecule has 0 aromatic carbocycles. The van der Waals surface area contributed by atoms with E-state index in [0.29, 0.717) is 17.4 Å². The van der Waals surface area contributed by atoms with E-state index in [2.05, 4.69) is 15.5 Å². The first-order valence-electron chi connectivity index (χ1n) is 7.80. The average Bonchev–Trinajstić information content (AvgIpc) is 3.24. The molecule has 2 aliphatic heterocycles. The van der Waals surface area contributed by atoms with Crippen LogP contribution >= 0.6 is 0 Å². The number of carbonyl (C=O) groups is 1. The summed E-state index contributed by atoms with van der Waals surface area (Å²) in [5.41, 5.74) is 1.69. The van der Waals surface area contributed by atoms with Gasteiger partial charge in [-0.15, -0.1) is 0 Å². The molecule has 0 radical (unpaired) electrons. The summed E-state index contributed by atoms with van der Waals surface area (Å²) in [6.07, 6.45) is 7.48. The second kappa shape index (κ2) is 5.57. The number of hydrogen-bond donors (Lipinski definition) is 1. The molecule has 2 aliphatic rings. The van der Waals surface area contributed by atoms with Crippen LogP contribution in [-0.2, 0) is 17.7 Å². The van der Waals surface area contributed by atoms with Gasteiger partial charge in [0.2, 0.25) is 0 Å². The lowest BCUT2D eigenvalue weighted by atomic mass is 10.1. The number of aromatic nitrogens is 4. The van der Waals surface area contributed by atoms with Crippen LogP contribution in [0, 0.1) is 0 Å². The zero-order valence-corrected chi connectivity index (χ0v) is 12.4. The van der Waals surface area contributed by atoms with Crippen molar-refractivity contribution in [1.82, 2.24) is 19.6 Å². The van der Waals surface area contributed by atoms with Crippen LogP contribution in [0.25, 0.3) is 0 Å². The molecule has 4 heterocycles. The molecular formula is C15H19N5O2. The molecule has 0 aliphatic carbocycles. The molecule has 0 bridgehead atoms. The summed E-state index contributed by atoms with van der Waals surface area (Å²) in [7, 11) is 0. The van der Waals surface area contributed by atoms with E-state index in [1.807, 2.05) is 21.6 Å². The van der Waals surface area contributed by atoms with Crippen molar-refractivity contribution >= 4 is 11.7 Å². The van der Waals surface area contributed by atoms with E-state index in [1.54, 1.807) is 6.20 Å². The molecule has 0 spiro atoms. The van der Waals surface area contributed by atoms with Crippen molar-refractivity contribution in [3.8, 4) is 0 Å². The van der Waals surface area contributed by atoms with Crippen LogP contribution in [-0.4, -0.2) is 38.7 Å². The number of rotatable bonds is 3. The number of nitrogens with one attached hydrogen (secondary N) is 1. The lowest BCUT2D eigenvalue weighted by Crippen LogP contribution is -2.20. The van der Waals surface area contributed by atoms with Crippen molar-refractivity contribution < 1.29 is 9.53 Å². The van der Waals surface area contributed by atoms with Crippen LogP contribution in [0.2, 0.25) is 0 Å². The van der Waals surface area contributed by atoms with E-state index in [9.17, 15) is 4.79 Å². The number of hydrogen-bond acceptors (Lipinski definition) is 4. The van der Waals surface area contributed by atoms with Crippen molar-refractivity contribution in [3.63, 3.8) is 0 Å². The minimum atomic E-state index is -0.125. The molecule has 2 aromatic rings. The van der Waals surface area contributed by atoms with Gasteiger partial charge in [0, 0.05) is 32.0 Å². The smallest absolute Gasteiger partial charge is 0.260 e. The van der Waals surface area contributed by atoms with Gasteiger partial charge in [0.25, 0.3) is 5.91 Å². The summed E-state index contributed by atoms with van der Waals surface area (Å²) >= 11 is 0. The number of anilines is 1. The average molecular weight is 301 g/mol. The summed E-state index contributed by atoms with van der Waals surface area (Å²) in [4.78, 5) is 12.4. The standard InChI is InChI=1S/C15H19N5O2/c21-15(12-10-16-20-6-1-2-13(12)20)17-14-3-7-19(18-14)11-4-8-22-9-5-11/h3,7,10-11H,1-2,4-6,8-9H2,(H,17,18,21). The Morgan fingerprint density at radius 2 is 2.23 bits per heavy atom. The van der Waals surface area contributed by atoms with E-state index < -0.39 is 0 Å². The first-order chi connectivity index (χ1) is 10.8. The maximum absolute atomic E-state index is 12.4. The largest absolute Gasteiger partial charge is 0.381 e. The van der Waals surface area contributed by atoms with Gasteiger partial charge in [-0.1, -0.05) is 0 Å². The third-order valence-corrected chi connectivity index (χ3v) is 4.39. The molecule has 1 amide bonds. The molecule has 116 valence electrons. The normalized spacial score (nSPS) is 18.4. The Bertz CT molecular complexity index is 684. The molecule has 7 nitrogen and oxygen atoms in total. The first kappa shape index (κ1) is 13.5.